The molecule has 0 heterocycles. The molecule has 0 aliphatic heterocycles. The number of carbonyl (C=O) groups is 2. The lowest BCUT2D eigenvalue weighted by molar-refractivity contribution is -0.121. The fraction of sp³-hybridized carbons (Fsp3) is 0.300. The lowest BCUT2D eigenvalue weighted by atomic mass is 10.1. The average Bonchev–Trinajstić information content (AvgIpc) is 2.56. The highest BCUT2D eigenvalue weighted by atomic mass is 35.5. The van der Waals surface area contributed by atoms with Gasteiger partial charge in [0.15, 0.2) is 0 Å². The van der Waals surface area contributed by atoms with E-state index in [1.807, 2.05) is 44.2 Å². The minimum Gasteiger partial charge on any atom is -0.354 e. The van der Waals surface area contributed by atoms with E-state index in [-0.39, 0.29) is 11.8 Å². The van der Waals surface area contributed by atoms with Crippen LogP contribution in [0.4, 0.5) is 5.69 Å². The van der Waals surface area contributed by atoms with E-state index in [1.165, 1.54) is 6.92 Å². The van der Waals surface area contributed by atoms with Crippen LogP contribution in [-0.2, 0) is 16.0 Å². The van der Waals surface area contributed by atoms with E-state index in [2.05, 4.69) is 5.32 Å². The second kappa shape index (κ2) is 8.67. The molecule has 0 spiro atoms. The number of hydrogen-bond donors (Lipinski definition) is 1. The van der Waals surface area contributed by atoms with Crippen LogP contribution in [0.25, 0.3) is 0 Å². The fourth-order valence-corrected chi connectivity index (χ4v) is 2.75. The maximum Gasteiger partial charge on any atom is 0.224 e. The summed E-state index contributed by atoms with van der Waals surface area (Å²) in [6.45, 7) is 6.23. The van der Waals surface area contributed by atoms with Crippen molar-refractivity contribution in [1.29, 1.82) is 0 Å². The molecule has 0 saturated heterocycles. The second-order valence-electron chi connectivity index (χ2n) is 6.11. The topological polar surface area (TPSA) is 49.4 Å². The Kier molecular flexibility index (Phi) is 6.59. The summed E-state index contributed by atoms with van der Waals surface area (Å²) in [6, 6.07) is 13.3. The third kappa shape index (κ3) is 5.61. The molecule has 4 nitrogen and oxygen atoms in total. The summed E-state index contributed by atoms with van der Waals surface area (Å²) in [7, 11) is 0. The summed E-state index contributed by atoms with van der Waals surface area (Å²) in [6.07, 6.45) is 0.330. The number of nitrogens with zero attached hydrogens (tertiary/aromatic N) is 1. The van der Waals surface area contributed by atoms with Gasteiger partial charge in [-0.15, -0.1) is 0 Å². The van der Waals surface area contributed by atoms with Crippen LogP contribution in [0.1, 0.15) is 23.6 Å². The molecule has 2 amide bonds. The molecule has 1 N–H and O–H groups in total. The number of benzene rings is 2. The number of rotatable bonds is 6. The van der Waals surface area contributed by atoms with Crippen LogP contribution in [0.5, 0.6) is 0 Å². The van der Waals surface area contributed by atoms with Crippen LogP contribution < -0.4 is 10.2 Å². The summed E-state index contributed by atoms with van der Waals surface area (Å²) in [4.78, 5) is 25.7. The molecule has 2 aromatic carbocycles. The monoisotopic (exact) mass is 358 g/mol. The molecular formula is C20H23ClN2O2. The lowest BCUT2D eigenvalue weighted by Crippen LogP contribution is -2.38. The van der Waals surface area contributed by atoms with E-state index in [0.717, 1.165) is 22.4 Å². The molecule has 0 unspecified atom stereocenters. The van der Waals surface area contributed by atoms with E-state index >= 15 is 0 Å². The Morgan fingerprint density at radius 2 is 1.76 bits per heavy atom. The molecule has 5 heteroatoms. The molecule has 0 saturated carbocycles. The van der Waals surface area contributed by atoms with Crippen LogP contribution in [0.3, 0.4) is 0 Å². The molecule has 0 bridgehead atoms. The Morgan fingerprint density at radius 1 is 1.08 bits per heavy atom. The summed E-state index contributed by atoms with van der Waals surface area (Å²) < 4.78 is 0. The summed E-state index contributed by atoms with van der Waals surface area (Å²) in [5.41, 5.74) is 3.87. The third-order valence-corrected chi connectivity index (χ3v) is 4.22. The zero-order chi connectivity index (χ0) is 18.4. The smallest absolute Gasteiger partial charge is 0.224 e. The standard InChI is InChI=1S/C20H23ClN2O2/c1-14-4-7-17(8-5-14)12-20(25)22-10-11-23(16(3)24)19-13-18(21)9-6-15(19)2/h4-9,13H,10-12H2,1-3H3,(H,22,25). The van der Waals surface area contributed by atoms with Crippen LogP contribution in [0.15, 0.2) is 42.5 Å². The van der Waals surface area contributed by atoms with Crippen molar-refractivity contribution in [3.63, 3.8) is 0 Å². The molecule has 0 radical (unpaired) electrons. The first-order chi connectivity index (χ1) is 11.9. The van der Waals surface area contributed by atoms with Gasteiger partial charge in [0.2, 0.25) is 11.8 Å². The Morgan fingerprint density at radius 3 is 2.40 bits per heavy atom. The van der Waals surface area contributed by atoms with E-state index in [0.29, 0.717) is 24.5 Å². The van der Waals surface area contributed by atoms with E-state index in [4.69, 9.17) is 11.6 Å². The van der Waals surface area contributed by atoms with Crippen LogP contribution in [0, 0.1) is 13.8 Å². The van der Waals surface area contributed by atoms with Gasteiger partial charge in [-0.25, -0.2) is 0 Å². The SMILES string of the molecule is CC(=O)N(CCNC(=O)Cc1ccc(C)cc1)c1cc(Cl)ccc1C. The first-order valence-corrected chi connectivity index (χ1v) is 8.61. The molecule has 0 fully saturated rings. The molecule has 2 aromatic rings. The first kappa shape index (κ1) is 19.0. The Labute approximate surface area is 153 Å². The van der Waals surface area contributed by atoms with Gasteiger partial charge in [-0.1, -0.05) is 47.5 Å². The number of nitrogens with one attached hydrogen (secondary N) is 1. The highest BCUT2D eigenvalue weighted by Gasteiger charge is 2.14. The number of halogens is 1. The van der Waals surface area contributed by atoms with Gasteiger partial charge in [0.05, 0.1) is 6.42 Å². The lowest BCUT2D eigenvalue weighted by Gasteiger charge is -2.23. The van der Waals surface area contributed by atoms with E-state index in [9.17, 15) is 9.59 Å². The van der Waals surface area contributed by atoms with Crippen LogP contribution in [-0.4, -0.2) is 24.9 Å². The highest BCUT2D eigenvalue weighted by molar-refractivity contribution is 6.31. The Balaban J connectivity index is 1.93. The molecule has 0 aromatic heterocycles. The number of aryl methyl sites for hydroxylation is 2. The zero-order valence-corrected chi connectivity index (χ0v) is 15.6. The second-order valence-corrected chi connectivity index (χ2v) is 6.55. The summed E-state index contributed by atoms with van der Waals surface area (Å²) >= 11 is 6.04. The quantitative estimate of drug-likeness (QED) is 0.856. The van der Waals surface area contributed by atoms with Crippen molar-refractivity contribution >= 4 is 29.1 Å². The molecule has 132 valence electrons. The Bertz CT molecular complexity index is 757. The van der Waals surface area contributed by atoms with E-state index < -0.39 is 0 Å². The van der Waals surface area contributed by atoms with Crippen molar-refractivity contribution in [2.24, 2.45) is 0 Å². The van der Waals surface area contributed by atoms with Crippen molar-refractivity contribution < 1.29 is 9.59 Å². The van der Waals surface area contributed by atoms with Gasteiger partial charge >= 0.3 is 0 Å². The number of amides is 2. The van der Waals surface area contributed by atoms with E-state index in [1.54, 1.807) is 17.0 Å². The van der Waals surface area contributed by atoms with Crippen molar-refractivity contribution in [3.05, 3.63) is 64.2 Å². The van der Waals surface area contributed by atoms with Crippen molar-refractivity contribution in [2.45, 2.75) is 27.2 Å². The van der Waals surface area contributed by atoms with Crippen molar-refractivity contribution in [1.82, 2.24) is 5.32 Å². The van der Waals surface area contributed by atoms with Crippen molar-refractivity contribution in [3.8, 4) is 0 Å². The van der Waals surface area contributed by atoms with Gasteiger partial charge in [0, 0.05) is 30.7 Å². The van der Waals surface area contributed by atoms with Crippen molar-refractivity contribution in [2.75, 3.05) is 18.0 Å². The predicted octanol–water partition coefficient (Wildman–Crippen LogP) is 3.67. The largest absolute Gasteiger partial charge is 0.354 e. The number of hydrogen-bond acceptors (Lipinski definition) is 2. The maximum absolute atomic E-state index is 12.1. The maximum atomic E-state index is 12.1. The molecule has 25 heavy (non-hydrogen) atoms. The minimum atomic E-state index is -0.0850. The third-order valence-electron chi connectivity index (χ3n) is 3.98. The van der Waals surface area contributed by atoms with Crippen LogP contribution in [0.2, 0.25) is 5.02 Å². The fourth-order valence-electron chi connectivity index (χ4n) is 2.58. The number of carbonyl (C=O) groups excluding carboxylic acids is 2. The number of anilines is 1. The zero-order valence-electron chi connectivity index (χ0n) is 14.8. The average molecular weight is 359 g/mol. The summed E-state index contributed by atoms with van der Waals surface area (Å²) in [5, 5.41) is 3.45. The predicted molar refractivity (Wildman–Crippen MR) is 102 cm³/mol. The summed E-state index contributed by atoms with van der Waals surface area (Å²) in [5.74, 6) is -0.145. The normalized spacial score (nSPS) is 10.4. The van der Waals surface area contributed by atoms with Gasteiger partial charge in [-0.3, -0.25) is 9.59 Å². The molecule has 0 aliphatic rings. The van der Waals surface area contributed by atoms with Gasteiger partial charge in [-0.05, 0) is 37.1 Å². The minimum absolute atomic E-state index is 0.0600. The van der Waals surface area contributed by atoms with Gasteiger partial charge in [0.1, 0.15) is 0 Å². The van der Waals surface area contributed by atoms with Crippen LogP contribution >= 0.6 is 11.6 Å². The molecular weight excluding hydrogens is 336 g/mol. The Hall–Kier alpha value is -2.33. The highest BCUT2D eigenvalue weighted by Crippen LogP contribution is 2.24. The molecule has 2 rings (SSSR count). The van der Waals surface area contributed by atoms with Gasteiger partial charge < -0.3 is 10.2 Å². The van der Waals surface area contributed by atoms with Gasteiger partial charge in [-0.2, -0.15) is 0 Å². The molecule has 0 aliphatic carbocycles. The molecule has 0 atom stereocenters. The first-order valence-electron chi connectivity index (χ1n) is 8.23. The van der Waals surface area contributed by atoms with Gasteiger partial charge in [0.25, 0.3) is 0 Å².